The van der Waals surface area contributed by atoms with Crippen LogP contribution in [0.25, 0.3) is 0 Å². The van der Waals surface area contributed by atoms with E-state index in [-0.39, 0.29) is 5.91 Å². The molecule has 2 aromatic rings. The summed E-state index contributed by atoms with van der Waals surface area (Å²) in [7, 11) is 0. The molecule has 1 N–H and O–H groups in total. The van der Waals surface area contributed by atoms with Gasteiger partial charge in [-0.05, 0) is 74.5 Å². The van der Waals surface area contributed by atoms with Gasteiger partial charge < -0.3 is 15.0 Å². The largest absolute Gasteiger partial charge is 0.488 e. The van der Waals surface area contributed by atoms with Gasteiger partial charge in [0.15, 0.2) is 0 Å². The van der Waals surface area contributed by atoms with E-state index >= 15 is 0 Å². The summed E-state index contributed by atoms with van der Waals surface area (Å²) >= 11 is 1.67. The van der Waals surface area contributed by atoms with Crippen LogP contribution in [0.3, 0.4) is 0 Å². The Hall–Kier alpha value is -1.85. The zero-order chi connectivity index (χ0) is 18.2. The summed E-state index contributed by atoms with van der Waals surface area (Å²) in [6.07, 6.45) is 3.59. The van der Waals surface area contributed by atoms with Crippen molar-refractivity contribution in [3.05, 3.63) is 52.2 Å². The summed E-state index contributed by atoms with van der Waals surface area (Å²) in [5, 5.41) is 5.06. The zero-order valence-corrected chi connectivity index (χ0v) is 16.3. The van der Waals surface area contributed by atoms with Crippen LogP contribution in [0.15, 0.2) is 41.8 Å². The molecule has 1 aliphatic rings. The number of ether oxygens (including phenoxy) is 1. The SMILES string of the molecule is CC1CCN(CCCNC(=O)c2cccc(OCc3cccs3)c2)CC1. The number of thiophene rings is 1. The highest BCUT2D eigenvalue weighted by Crippen LogP contribution is 2.18. The van der Waals surface area contributed by atoms with Crippen LogP contribution in [0.2, 0.25) is 0 Å². The summed E-state index contributed by atoms with van der Waals surface area (Å²) in [4.78, 5) is 16.0. The predicted octanol–water partition coefficient (Wildman–Crippen LogP) is 4.18. The molecule has 0 aliphatic carbocycles. The van der Waals surface area contributed by atoms with Crippen molar-refractivity contribution in [3.8, 4) is 5.75 Å². The lowest BCUT2D eigenvalue weighted by Crippen LogP contribution is -2.35. The number of carbonyl (C=O) groups is 1. The van der Waals surface area contributed by atoms with Crippen molar-refractivity contribution in [3.63, 3.8) is 0 Å². The molecule has 5 heteroatoms. The predicted molar refractivity (Wildman–Crippen MR) is 107 cm³/mol. The average Bonchev–Trinajstić information content (AvgIpc) is 3.19. The van der Waals surface area contributed by atoms with Crippen LogP contribution >= 0.6 is 11.3 Å². The fourth-order valence-electron chi connectivity index (χ4n) is 3.17. The third-order valence-electron chi connectivity index (χ3n) is 4.87. The molecule has 3 rings (SSSR count). The van der Waals surface area contributed by atoms with Crippen LogP contribution in [0.4, 0.5) is 0 Å². The fraction of sp³-hybridized carbons (Fsp3) is 0.476. The third kappa shape index (κ3) is 5.85. The van der Waals surface area contributed by atoms with Crippen molar-refractivity contribution in [2.24, 2.45) is 5.92 Å². The molecule has 0 spiro atoms. The van der Waals surface area contributed by atoms with E-state index in [1.165, 1.54) is 30.8 Å². The number of nitrogens with one attached hydrogen (secondary N) is 1. The maximum atomic E-state index is 12.3. The Kier molecular flexibility index (Phi) is 7.09. The summed E-state index contributed by atoms with van der Waals surface area (Å²) < 4.78 is 5.78. The molecule has 0 bridgehead atoms. The Morgan fingerprint density at radius 1 is 1.27 bits per heavy atom. The molecule has 0 atom stereocenters. The van der Waals surface area contributed by atoms with Gasteiger partial charge in [0, 0.05) is 17.0 Å². The van der Waals surface area contributed by atoms with Crippen molar-refractivity contribution in [1.29, 1.82) is 0 Å². The molecule has 0 saturated carbocycles. The lowest BCUT2D eigenvalue weighted by molar-refractivity contribution is 0.0950. The van der Waals surface area contributed by atoms with Crippen molar-refractivity contribution in [2.75, 3.05) is 26.2 Å². The Morgan fingerprint density at radius 3 is 2.88 bits per heavy atom. The van der Waals surface area contributed by atoms with Crippen LogP contribution in [0.1, 0.15) is 41.4 Å². The molecule has 1 fully saturated rings. The van der Waals surface area contributed by atoms with Crippen LogP contribution in [0.5, 0.6) is 5.75 Å². The van der Waals surface area contributed by atoms with E-state index in [9.17, 15) is 4.79 Å². The van der Waals surface area contributed by atoms with E-state index in [1.807, 2.05) is 41.8 Å². The zero-order valence-electron chi connectivity index (χ0n) is 15.4. The van der Waals surface area contributed by atoms with Crippen molar-refractivity contribution >= 4 is 17.2 Å². The van der Waals surface area contributed by atoms with Gasteiger partial charge in [0.25, 0.3) is 5.91 Å². The minimum absolute atomic E-state index is 0.0289. The highest BCUT2D eigenvalue weighted by atomic mass is 32.1. The van der Waals surface area contributed by atoms with Gasteiger partial charge >= 0.3 is 0 Å². The van der Waals surface area contributed by atoms with Gasteiger partial charge in [-0.1, -0.05) is 19.1 Å². The van der Waals surface area contributed by atoms with E-state index < -0.39 is 0 Å². The maximum absolute atomic E-state index is 12.3. The second-order valence-corrected chi connectivity index (χ2v) is 8.06. The number of rotatable bonds is 8. The van der Waals surface area contributed by atoms with Crippen LogP contribution in [0, 0.1) is 5.92 Å². The number of likely N-dealkylation sites (tertiary alicyclic amines) is 1. The third-order valence-corrected chi connectivity index (χ3v) is 5.72. The van der Waals surface area contributed by atoms with Gasteiger partial charge in [-0.3, -0.25) is 4.79 Å². The van der Waals surface area contributed by atoms with Crippen molar-refractivity contribution in [1.82, 2.24) is 10.2 Å². The molecule has 1 aromatic heterocycles. The minimum Gasteiger partial charge on any atom is -0.488 e. The number of piperidine rings is 1. The Labute approximate surface area is 160 Å². The van der Waals surface area contributed by atoms with E-state index in [0.717, 1.165) is 24.6 Å². The lowest BCUT2D eigenvalue weighted by atomic mass is 9.99. The van der Waals surface area contributed by atoms with Crippen LogP contribution in [-0.4, -0.2) is 37.0 Å². The highest BCUT2D eigenvalue weighted by molar-refractivity contribution is 7.09. The average molecular weight is 373 g/mol. The Morgan fingerprint density at radius 2 is 2.12 bits per heavy atom. The van der Waals surface area contributed by atoms with Gasteiger partial charge in [0.1, 0.15) is 12.4 Å². The van der Waals surface area contributed by atoms with Gasteiger partial charge in [-0.2, -0.15) is 0 Å². The second kappa shape index (κ2) is 9.74. The van der Waals surface area contributed by atoms with E-state index in [2.05, 4.69) is 17.1 Å². The second-order valence-electron chi connectivity index (χ2n) is 7.03. The topological polar surface area (TPSA) is 41.6 Å². The van der Waals surface area contributed by atoms with Crippen LogP contribution < -0.4 is 10.1 Å². The molecule has 1 saturated heterocycles. The number of carbonyl (C=O) groups excluding carboxylic acids is 1. The molecule has 1 aliphatic heterocycles. The molecule has 0 radical (unpaired) electrons. The van der Waals surface area contributed by atoms with Crippen LogP contribution in [-0.2, 0) is 6.61 Å². The number of hydrogen-bond acceptors (Lipinski definition) is 4. The fourth-order valence-corrected chi connectivity index (χ4v) is 3.78. The number of nitrogens with zero attached hydrogens (tertiary/aromatic N) is 1. The molecule has 1 aromatic carbocycles. The molecule has 1 amide bonds. The molecular formula is C21H28N2O2S. The molecule has 26 heavy (non-hydrogen) atoms. The first-order valence-electron chi connectivity index (χ1n) is 9.46. The first kappa shape index (κ1) is 18.9. The highest BCUT2D eigenvalue weighted by Gasteiger charge is 2.15. The first-order chi connectivity index (χ1) is 12.7. The quantitative estimate of drug-likeness (QED) is 0.707. The molecular weight excluding hydrogens is 344 g/mol. The first-order valence-corrected chi connectivity index (χ1v) is 10.3. The minimum atomic E-state index is -0.0289. The van der Waals surface area contributed by atoms with E-state index in [4.69, 9.17) is 4.74 Å². The van der Waals surface area contributed by atoms with Crippen molar-refractivity contribution in [2.45, 2.75) is 32.8 Å². The van der Waals surface area contributed by atoms with E-state index in [1.54, 1.807) is 11.3 Å². The molecule has 4 nitrogen and oxygen atoms in total. The van der Waals surface area contributed by atoms with Gasteiger partial charge in [0.05, 0.1) is 0 Å². The summed E-state index contributed by atoms with van der Waals surface area (Å²) in [5.74, 6) is 1.56. The maximum Gasteiger partial charge on any atom is 0.251 e. The Bertz CT molecular complexity index is 679. The molecule has 0 unspecified atom stereocenters. The normalized spacial score (nSPS) is 15.7. The summed E-state index contributed by atoms with van der Waals surface area (Å²) in [6.45, 7) is 7.03. The molecule has 2 heterocycles. The van der Waals surface area contributed by atoms with E-state index in [0.29, 0.717) is 18.7 Å². The smallest absolute Gasteiger partial charge is 0.251 e. The summed E-state index contributed by atoms with van der Waals surface area (Å²) in [5.41, 5.74) is 0.653. The van der Waals surface area contributed by atoms with Gasteiger partial charge in [-0.25, -0.2) is 0 Å². The number of amides is 1. The number of hydrogen-bond donors (Lipinski definition) is 1. The Balaban J connectivity index is 1.39. The summed E-state index contributed by atoms with van der Waals surface area (Å²) in [6, 6.07) is 11.5. The standard InChI is InChI=1S/C21H28N2O2S/c1-17-8-12-23(13-9-17)11-4-10-22-21(24)18-5-2-6-19(15-18)25-16-20-7-3-14-26-20/h2-3,5-7,14-15,17H,4,8-13,16H2,1H3,(H,22,24). The monoisotopic (exact) mass is 372 g/mol. The van der Waals surface area contributed by atoms with Gasteiger partial charge in [0.2, 0.25) is 0 Å². The molecule has 140 valence electrons. The number of benzene rings is 1. The van der Waals surface area contributed by atoms with Gasteiger partial charge in [-0.15, -0.1) is 11.3 Å². The lowest BCUT2D eigenvalue weighted by Gasteiger charge is -2.30. The van der Waals surface area contributed by atoms with Crippen molar-refractivity contribution < 1.29 is 9.53 Å².